The number of anilines is 2. The zero-order chi connectivity index (χ0) is 26.2. The summed E-state index contributed by atoms with van der Waals surface area (Å²) in [5.41, 5.74) is 2.36. The Balaban J connectivity index is 1.93. The first-order valence-electron chi connectivity index (χ1n) is 11.3. The van der Waals surface area contributed by atoms with Crippen LogP contribution in [0.2, 0.25) is 10.0 Å². The second kappa shape index (κ2) is 12.6. The average molecular weight is 533 g/mol. The summed E-state index contributed by atoms with van der Waals surface area (Å²) in [6.45, 7) is 4.86. The average Bonchev–Trinajstić information content (AvgIpc) is 2.80. The molecule has 0 aliphatic rings. The first-order valence-corrected chi connectivity index (χ1v) is 12.1. The van der Waals surface area contributed by atoms with E-state index in [1.54, 1.807) is 18.2 Å². The second-order valence-corrected chi connectivity index (χ2v) is 9.60. The molecule has 0 unspecified atom stereocenters. The fourth-order valence-corrected chi connectivity index (χ4v) is 3.94. The maximum atomic E-state index is 14.3. The molecule has 0 radical (unpaired) electrons. The lowest BCUT2D eigenvalue weighted by molar-refractivity contribution is -0.139. The Morgan fingerprint density at radius 3 is 2.36 bits per heavy atom. The molecular weight excluding hydrogens is 506 g/mol. The van der Waals surface area contributed by atoms with Gasteiger partial charge in [0.25, 0.3) is 0 Å². The number of carbonyl (C=O) groups excluding carboxylic acids is 1. The van der Waals surface area contributed by atoms with Crippen molar-refractivity contribution in [3.05, 3.63) is 87.7 Å². The van der Waals surface area contributed by atoms with Crippen LogP contribution in [0.25, 0.3) is 0 Å². The number of carboxylic acid groups (broad SMARTS) is 1. The lowest BCUT2D eigenvalue weighted by Crippen LogP contribution is -2.28. The van der Waals surface area contributed by atoms with Gasteiger partial charge in [-0.15, -0.1) is 0 Å². The minimum atomic E-state index is -1.12. The van der Waals surface area contributed by atoms with Gasteiger partial charge in [-0.25, -0.2) is 9.18 Å². The summed E-state index contributed by atoms with van der Waals surface area (Å²) in [6.07, 6.45) is -0.204. The van der Waals surface area contributed by atoms with Crippen LogP contribution in [0.15, 0.2) is 60.7 Å². The number of rotatable bonds is 11. The van der Waals surface area contributed by atoms with Crippen molar-refractivity contribution in [3.8, 4) is 5.75 Å². The Kier molecular flexibility index (Phi) is 9.56. The van der Waals surface area contributed by atoms with Crippen molar-refractivity contribution in [3.63, 3.8) is 0 Å². The maximum Gasteiger partial charge on any atom is 0.341 e. The smallest absolute Gasteiger partial charge is 0.341 e. The number of amides is 1. The van der Waals surface area contributed by atoms with E-state index >= 15 is 0 Å². The highest BCUT2D eigenvalue weighted by atomic mass is 35.5. The van der Waals surface area contributed by atoms with Crippen molar-refractivity contribution >= 4 is 46.5 Å². The molecule has 1 amide bonds. The molecule has 0 atom stereocenters. The molecule has 9 heteroatoms. The SMILES string of the molecule is CC(C)CN(Cc1ccc(Cl)cc1)c1ccc(OCC(=O)O)cc1NC(=O)Cc1ccc(Cl)cc1F. The van der Waals surface area contributed by atoms with Gasteiger partial charge in [0.05, 0.1) is 17.8 Å². The molecule has 190 valence electrons. The highest BCUT2D eigenvalue weighted by Gasteiger charge is 2.18. The van der Waals surface area contributed by atoms with E-state index in [1.165, 1.54) is 12.1 Å². The van der Waals surface area contributed by atoms with E-state index in [4.69, 9.17) is 33.0 Å². The van der Waals surface area contributed by atoms with Crippen molar-refractivity contribution < 1.29 is 23.8 Å². The Hall–Kier alpha value is -3.29. The molecule has 0 heterocycles. The monoisotopic (exact) mass is 532 g/mol. The van der Waals surface area contributed by atoms with Crippen LogP contribution in [0.1, 0.15) is 25.0 Å². The van der Waals surface area contributed by atoms with Crippen molar-refractivity contribution in [1.82, 2.24) is 0 Å². The number of ether oxygens (including phenoxy) is 1. The topological polar surface area (TPSA) is 78.9 Å². The fourth-order valence-electron chi connectivity index (χ4n) is 3.66. The van der Waals surface area contributed by atoms with Gasteiger partial charge in [-0.3, -0.25) is 4.79 Å². The summed E-state index contributed by atoms with van der Waals surface area (Å²) >= 11 is 11.9. The molecule has 0 fully saturated rings. The molecule has 6 nitrogen and oxygen atoms in total. The number of nitrogens with zero attached hydrogens (tertiary/aromatic N) is 1. The van der Waals surface area contributed by atoms with Gasteiger partial charge in [0.15, 0.2) is 6.61 Å². The van der Waals surface area contributed by atoms with Crippen LogP contribution >= 0.6 is 23.2 Å². The third-order valence-corrected chi connectivity index (χ3v) is 5.67. The quantitative estimate of drug-likeness (QED) is 0.297. The van der Waals surface area contributed by atoms with Crippen LogP contribution < -0.4 is 15.0 Å². The van der Waals surface area contributed by atoms with Crippen molar-refractivity contribution in [2.45, 2.75) is 26.8 Å². The van der Waals surface area contributed by atoms with E-state index in [9.17, 15) is 14.0 Å². The largest absolute Gasteiger partial charge is 0.482 e. The molecule has 0 saturated carbocycles. The van der Waals surface area contributed by atoms with Crippen LogP contribution in [0.4, 0.5) is 15.8 Å². The molecule has 2 N–H and O–H groups in total. The molecule has 0 aromatic heterocycles. The minimum absolute atomic E-state index is 0.204. The highest BCUT2D eigenvalue weighted by molar-refractivity contribution is 6.30. The number of nitrogens with one attached hydrogen (secondary N) is 1. The molecule has 0 aliphatic carbocycles. The van der Waals surface area contributed by atoms with E-state index in [1.807, 2.05) is 24.3 Å². The van der Waals surface area contributed by atoms with Crippen LogP contribution in [0.5, 0.6) is 5.75 Å². The van der Waals surface area contributed by atoms with E-state index in [2.05, 4.69) is 24.1 Å². The van der Waals surface area contributed by atoms with Gasteiger partial charge in [-0.05, 0) is 53.4 Å². The third-order valence-electron chi connectivity index (χ3n) is 5.18. The predicted molar refractivity (Wildman–Crippen MR) is 141 cm³/mol. The molecule has 0 aliphatic heterocycles. The van der Waals surface area contributed by atoms with Gasteiger partial charge in [0.1, 0.15) is 11.6 Å². The van der Waals surface area contributed by atoms with Crippen molar-refractivity contribution in [2.24, 2.45) is 5.92 Å². The van der Waals surface area contributed by atoms with Crippen LogP contribution in [0, 0.1) is 11.7 Å². The summed E-state index contributed by atoms with van der Waals surface area (Å²) in [5.74, 6) is -1.55. The van der Waals surface area contributed by atoms with E-state index in [0.717, 1.165) is 11.6 Å². The standard InChI is InChI=1S/C27H27Cl2FN2O4/c1-17(2)14-32(15-18-3-6-20(28)7-4-18)25-10-9-22(36-16-27(34)35)13-24(25)31-26(33)11-19-5-8-21(29)12-23(19)30/h3-10,12-13,17H,11,14-16H2,1-2H3,(H,31,33)(H,34,35). The summed E-state index contributed by atoms with van der Waals surface area (Å²) < 4.78 is 19.6. The number of carboxylic acids is 1. The zero-order valence-corrected chi connectivity index (χ0v) is 21.4. The fraction of sp³-hybridized carbons (Fsp3) is 0.259. The Bertz CT molecular complexity index is 1220. The molecule has 0 bridgehead atoms. The van der Waals surface area contributed by atoms with Gasteiger partial charge in [0.2, 0.25) is 5.91 Å². The molecule has 0 spiro atoms. The van der Waals surface area contributed by atoms with Crippen LogP contribution in [-0.2, 0) is 22.6 Å². The van der Waals surface area contributed by atoms with Gasteiger partial charge < -0.3 is 20.1 Å². The van der Waals surface area contributed by atoms with Crippen LogP contribution in [0.3, 0.4) is 0 Å². The summed E-state index contributed by atoms with van der Waals surface area (Å²) in [7, 11) is 0. The maximum absolute atomic E-state index is 14.3. The Morgan fingerprint density at radius 2 is 1.72 bits per heavy atom. The van der Waals surface area contributed by atoms with Gasteiger partial charge in [-0.2, -0.15) is 0 Å². The first kappa shape index (κ1) is 27.3. The third kappa shape index (κ3) is 8.14. The van der Waals surface area contributed by atoms with Crippen LogP contribution in [-0.4, -0.2) is 30.1 Å². The number of hydrogen-bond donors (Lipinski definition) is 2. The molecule has 3 aromatic carbocycles. The lowest BCUT2D eigenvalue weighted by Gasteiger charge is -2.29. The molecule has 3 aromatic rings. The Morgan fingerprint density at radius 1 is 1.03 bits per heavy atom. The number of benzene rings is 3. The molecule has 3 rings (SSSR count). The summed E-state index contributed by atoms with van der Waals surface area (Å²) in [4.78, 5) is 26.0. The van der Waals surface area contributed by atoms with Crippen molar-refractivity contribution in [2.75, 3.05) is 23.4 Å². The molecular formula is C27H27Cl2FN2O4. The van der Waals surface area contributed by atoms with Gasteiger partial charge in [0, 0.05) is 29.2 Å². The first-order chi connectivity index (χ1) is 17.1. The zero-order valence-electron chi connectivity index (χ0n) is 19.9. The van der Waals surface area contributed by atoms with Crippen molar-refractivity contribution in [1.29, 1.82) is 0 Å². The van der Waals surface area contributed by atoms with E-state index in [-0.39, 0.29) is 22.8 Å². The number of carbonyl (C=O) groups is 2. The number of aliphatic carboxylic acids is 1. The summed E-state index contributed by atoms with van der Waals surface area (Å²) in [6, 6.07) is 16.6. The number of hydrogen-bond acceptors (Lipinski definition) is 4. The normalized spacial score (nSPS) is 10.8. The van der Waals surface area contributed by atoms with Gasteiger partial charge in [-0.1, -0.05) is 55.2 Å². The van der Waals surface area contributed by atoms with Gasteiger partial charge >= 0.3 is 5.97 Å². The van der Waals surface area contributed by atoms with E-state index in [0.29, 0.717) is 35.4 Å². The molecule has 0 saturated heterocycles. The highest BCUT2D eigenvalue weighted by Crippen LogP contribution is 2.33. The number of halogens is 3. The Labute approximate surface area is 219 Å². The van der Waals surface area contributed by atoms with E-state index < -0.39 is 24.3 Å². The molecule has 36 heavy (non-hydrogen) atoms. The predicted octanol–water partition coefficient (Wildman–Crippen LogP) is 6.44. The lowest BCUT2D eigenvalue weighted by atomic mass is 10.1. The summed E-state index contributed by atoms with van der Waals surface area (Å²) in [5, 5.41) is 12.7. The minimum Gasteiger partial charge on any atom is -0.482 e. The second-order valence-electron chi connectivity index (χ2n) is 8.72.